The molecule has 4 rings (SSSR count). The summed E-state index contributed by atoms with van der Waals surface area (Å²) in [5.74, 6) is 0.693. The maximum atomic E-state index is 13.2. The second-order valence-electron chi connectivity index (χ2n) is 7.43. The number of nitrogens with one attached hydrogen (secondary N) is 1. The van der Waals surface area contributed by atoms with Crippen LogP contribution in [0.2, 0.25) is 6.32 Å². The molecule has 4 heteroatoms. The Bertz CT molecular complexity index is 1010. The molecule has 1 aromatic heterocycles. The number of benzene rings is 3. The number of aromatic amines is 1. The largest absolute Gasteiger partial charge is 0.348 e. The van der Waals surface area contributed by atoms with Crippen molar-refractivity contribution < 1.29 is 4.39 Å². The maximum Gasteiger partial charge on any atom is 0.213 e. The van der Waals surface area contributed by atoms with Gasteiger partial charge in [-0.05, 0) is 36.0 Å². The lowest BCUT2D eigenvalue weighted by Gasteiger charge is -2.12. The van der Waals surface area contributed by atoms with Crippen LogP contribution in [0.4, 0.5) is 4.39 Å². The van der Waals surface area contributed by atoms with E-state index in [1.807, 2.05) is 19.1 Å². The zero-order chi connectivity index (χ0) is 21.9. The number of imidazole rings is 1. The SMILES string of the molecule is C=CCB(c1ccccc1)c1ccccc1.CCc1cc(F)cc(Cc2ncc[nH]2)c1. The van der Waals surface area contributed by atoms with Crippen molar-refractivity contribution in [1.29, 1.82) is 0 Å². The van der Waals surface area contributed by atoms with E-state index in [1.165, 1.54) is 10.9 Å². The van der Waals surface area contributed by atoms with Crippen LogP contribution < -0.4 is 10.9 Å². The summed E-state index contributed by atoms with van der Waals surface area (Å²) in [6.45, 7) is 6.30. The third kappa shape index (κ3) is 6.82. The van der Waals surface area contributed by atoms with Gasteiger partial charge in [-0.2, -0.15) is 0 Å². The lowest BCUT2D eigenvalue weighted by Crippen LogP contribution is -2.41. The van der Waals surface area contributed by atoms with Crippen LogP contribution in [0.3, 0.4) is 0 Å². The third-order valence-corrected chi connectivity index (χ3v) is 5.16. The molecule has 3 aromatic carbocycles. The molecule has 0 bridgehead atoms. The molecule has 2 nitrogen and oxygen atoms in total. The van der Waals surface area contributed by atoms with E-state index in [0.29, 0.717) is 13.1 Å². The summed E-state index contributed by atoms with van der Waals surface area (Å²) in [7, 11) is 0. The molecule has 0 fully saturated rings. The Hall–Kier alpha value is -3.40. The summed E-state index contributed by atoms with van der Waals surface area (Å²) in [5.41, 5.74) is 4.69. The number of hydrogen-bond donors (Lipinski definition) is 1. The van der Waals surface area contributed by atoms with Crippen LogP contribution in [0, 0.1) is 5.82 Å². The smallest absolute Gasteiger partial charge is 0.213 e. The van der Waals surface area contributed by atoms with Crippen molar-refractivity contribution in [2.75, 3.05) is 0 Å². The highest BCUT2D eigenvalue weighted by Gasteiger charge is 2.16. The minimum Gasteiger partial charge on any atom is -0.348 e. The Kier molecular flexibility index (Phi) is 8.42. The predicted molar refractivity (Wildman–Crippen MR) is 130 cm³/mol. The summed E-state index contributed by atoms with van der Waals surface area (Å²) < 4.78 is 13.2. The monoisotopic (exact) mass is 410 g/mol. The first-order valence-corrected chi connectivity index (χ1v) is 10.7. The van der Waals surface area contributed by atoms with Crippen molar-refractivity contribution >= 4 is 17.6 Å². The van der Waals surface area contributed by atoms with Crippen molar-refractivity contribution in [3.05, 3.63) is 127 Å². The molecular formula is C27H28BFN2. The molecule has 0 amide bonds. The molecule has 0 spiro atoms. The van der Waals surface area contributed by atoms with Gasteiger partial charge in [0.25, 0.3) is 0 Å². The van der Waals surface area contributed by atoms with Gasteiger partial charge in [0.05, 0.1) is 0 Å². The minimum atomic E-state index is -0.170. The number of rotatable bonds is 7. The van der Waals surface area contributed by atoms with Gasteiger partial charge in [-0.3, -0.25) is 0 Å². The highest BCUT2D eigenvalue weighted by atomic mass is 19.1. The summed E-state index contributed by atoms with van der Waals surface area (Å²) in [6.07, 6.45) is 7.95. The predicted octanol–water partition coefficient (Wildman–Crippen LogP) is 5.18. The average Bonchev–Trinajstić information content (AvgIpc) is 3.31. The van der Waals surface area contributed by atoms with Crippen LogP contribution in [0.5, 0.6) is 0 Å². The molecule has 31 heavy (non-hydrogen) atoms. The van der Waals surface area contributed by atoms with E-state index in [9.17, 15) is 4.39 Å². The molecule has 0 unspecified atom stereocenters. The van der Waals surface area contributed by atoms with E-state index in [4.69, 9.17) is 0 Å². The molecule has 0 radical (unpaired) electrons. The van der Waals surface area contributed by atoms with Crippen LogP contribution in [0.1, 0.15) is 23.9 Å². The average molecular weight is 410 g/mol. The number of allylic oxidation sites excluding steroid dienone is 1. The van der Waals surface area contributed by atoms with Crippen LogP contribution in [0.15, 0.2) is 104 Å². The molecule has 0 atom stereocenters. The first kappa shape index (κ1) is 22.3. The van der Waals surface area contributed by atoms with E-state index in [1.54, 1.807) is 24.5 Å². The molecule has 0 saturated carbocycles. The van der Waals surface area contributed by atoms with Crippen molar-refractivity contribution in [3.63, 3.8) is 0 Å². The molecule has 1 heterocycles. The summed E-state index contributed by atoms with van der Waals surface area (Å²) in [6, 6.07) is 26.4. The van der Waals surface area contributed by atoms with Crippen molar-refractivity contribution in [1.82, 2.24) is 9.97 Å². The Morgan fingerprint density at radius 2 is 1.55 bits per heavy atom. The first-order chi connectivity index (χ1) is 15.2. The van der Waals surface area contributed by atoms with E-state index in [0.717, 1.165) is 29.7 Å². The van der Waals surface area contributed by atoms with Gasteiger partial charge in [0, 0.05) is 18.8 Å². The molecule has 4 aromatic rings. The Balaban J connectivity index is 0.000000176. The zero-order valence-corrected chi connectivity index (χ0v) is 18.0. The summed E-state index contributed by atoms with van der Waals surface area (Å²) >= 11 is 0. The lowest BCUT2D eigenvalue weighted by molar-refractivity contribution is 0.623. The number of H-pyrrole nitrogens is 1. The maximum absolute atomic E-state index is 13.2. The van der Waals surface area contributed by atoms with Gasteiger partial charge in [-0.25, -0.2) is 9.37 Å². The van der Waals surface area contributed by atoms with Crippen LogP contribution >= 0.6 is 0 Å². The van der Waals surface area contributed by atoms with E-state index in [-0.39, 0.29) is 5.82 Å². The van der Waals surface area contributed by atoms with Gasteiger partial charge in [0.15, 0.2) is 0 Å². The van der Waals surface area contributed by atoms with Crippen molar-refractivity contribution in [2.24, 2.45) is 0 Å². The first-order valence-electron chi connectivity index (χ1n) is 10.7. The molecule has 0 saturated heterocycles. The second kappa shape index (κ2) is 11.7. The van der Waals surface area contributed by atoms with Crippen LogP contribution in [-0.4, -0.2) is 16.7 Å². The topological polar surface area (TPSA) is 28.7 Å². The van der Waals surface area contributed by atoms with Gasteiger partial charge in [-0.1, -0.05) is 90.7 Å². The lowest BCUT2D eigenvalue weighted by atomic mass is 9.39. The van der Waals surface area contributed by atoms with Crippen molar-refractivity contribution in [2.45, 2.75) is 26.1 Å². The Morgan fingerprint density at radius 3 is 2.06 bits per heavy atom. The molecule has 1 N–H and O–H groups in total. The molecule has 0 aliphatic carbocycles. The van der Waals surface area contributed by atoms with Crippen LogP contribution in [-0.2, 0) is 12.8 Å². The van der Waals surface area contributed by atoms with E-state index >= 15 is 0 Å². The summed E-state index contributed by atoms with van der Waals surface area (Å²) in [5, 5.41) is 0. The fraction of sp³-hybridized carbons (Fsp3) is 0.148. The standard InChI is InChI=1S/C15H15B.C12H13FN2/c1-2-13-16(14-9-5-3-6-10-14)15-11-7-4-8-12-15;1-2-9-5-10(7-11(13)6-9)8-12-14-3-4-15-12/h2-12H,1,13H2;3-7H,2,8H2,1H3,(H,14,15). The fourth-order valence-electron chi connectivity index (χ4n) is 3.61. The van der Waals surface area contributed by atoms with E-state index < -0.39 is 0 Å². The fourth-order valence-corrected chi connectivity index (χ4v) is 3.61. The summed E-state index contributed by atoms with van der Waals surface area (Å²) in [4.78, 5) is 7.13. The minimum absolute atomic E-state index is 0.170. The Labute approximate surface area is 185 Å². The van der Waals surface area contributed by atoms with Gasteiger partial charge in [-0.15, -0.1) is 6.58 Å². The number of aryl methyl sites for hydroxylation is 1. The van der Waals surface area contributed by atoms with E-state index in [2.05, 4.69) is 77.2 Å². The number of halogens is 1. The Morgan fingerprint density at radius 1 is 0.935 bits per heavy atom. The highest BCUT2D eigenvalue weighted by molar-refractivity contribution is 6.85. The van der Waals surface area contributed by atoms with Gasteiger partial charge < -0.3 is 4.98 Å². The van der Waals surface area contributed by atoms with Gasteiger partial charge in [0.1, 0.15) is 11.6 Å². The zero-order valence-electron chi connectivity index (χ0n) is 18.0. The molecule has 0 aliphatic heterocycles. The molecule has 156 valence electrons. The molecular weight excluding hydrogens is 382 g/mol. The number of hydrogen-bond acceptors (Lipinski definition) is 1. The van der Waals surface area contributed by atoms with Gasteiger partial charge in [0.2, 0.25) is 6.71 Å². The quantitative estimate of drug-likeness (QED) is 0.330. The molecule has 0 aliphatic rings. The number of aromatic nitrogens is 2. The van der Waals surface area contributed by atoms with Crippen LogP contribution in [0.25, 0.3) is 0 Å². The second-order valence-corrected chi connectivity index (χ2v) is 7.43. The number of nitrogens with zero attached hydrogens (tertiary/aromatic N) is 1. The van der Waals surface area contributed by atoms with Crippen molar-refractivity contribution in [3.8, 4) is 0 Å². The third-order valence-electron chi connectivity index (χ3n) is 5.16. The van der Waals surface area contributed by atoms with Gasteiger partial charge >= 0.3 is 0 Å². The normalized spacial score (nSPS) is 10.1. The highest BCUT2D eigenvalue weighted by Crippen LogP contribution is 2.12.